The number of aryl methyl sites for hydroxylation is 2. The van der Waals surface area contributed by atoms with Crippen LogP contribution in [-0.4, -0.2) is 32.3 Å². The molecule has 1 amide bonds. The summed E-state index contributed by atoms with van der Waals surface area (Å²) in [5.41, 5.74) is 1.80. The van der Waals surface area contributed by atoms with Crippen molar-refractivity contribution in [3.63, 3.8) is 0 Å². The highest BCUT2D eigenvalue weighted by molar-refractivity contribution is 5.99. The maximum absolute atomic E-state index is 13.4. The largest absolute Gasteiger partial charge is 0.433 e. The highest BCUT2D eigenvalue weighted by Gasteiger charge is 2.32. The zero-order chi connectivity index (χ0) is 25.3. The van der Waals surface area contributed by atoms with Crippen LogP contribution in [0.25, 0.3) is 10.9 Å². The molecule has 0 saturated heterocycles. The minimum absolute atomic E-state index is 0.0644. The summed E-state index contributed by atoms with van der Waals surface area (Å²) in [5.74, 6) is -1.16. The number of hydrogen-bond donors (Lipinski definition) is 1. The van der Waals surface area contributed by atoms with Gasteiger partial charge in [0.2, 0.25) is 0 Å². The van der Waals surface area contributed by atoms with Gasteiger partial charge in [0.25, 0.3) is 5.91 Å². The molecule has 35 heavy (non-hydrogen) atoms. The summed E-state index contributed by atoms with van der Waals surface area (Å²) in [7, 11) is 1.80. The second-order valence-electron chi connectivity index (χ2n) is 8.15. The number of anilines is 1. The molecule has 1 atom stereocenters. The van der Waals surface area contributed by atoms with Gasteiger partial charge in [0, 0.05) is 30.9 Å². The molecule has 2 aromatic carbocycles. The third kappa shape index (κ3) is 5.17. The number of carbonyl (C=O) groups is 1. The van der Waals surface area contributed by atoms with Gasteiger partial charge in [0.1, 0.15) is 11.5 Å². The molecular formula is C25H22F4N4O2. The number of aromatic nitrogens is 3. The predicted octanol–water partition coefficient (Wildman–Crippen LogP) is 4.74. The van der Waals surface area contributed by atoms with Gasteiger partial charge in [0.05, 0.1) is 11.2 Å². The molecule has 0 aliphatic heterocycles. The molecule has 10 heteroatoms. The van der Waals surface area contributed by atoms with Crippen molar-refractivity contribution >= 4 is 22.5 Å². The van der Waals surface area contributed by atoms with Crippen molar-refractivity contribution in [1.82, 2.24) is 14.8 Å². The molecule has 0 radical (unpaired) electrons. The first-order chi connectivity index (χ1) is 16.5. The smallest absolute Gasteiger partial charge is 0.378 e. The van der Waals surface area contributed by atoms with E-state index < -0.39 is 29.7 Å². The van der Waals surface area contributed by atoms with Gasteiger partial charge in [0.15, 0.2) is 6.10 Å². The normalized spacial score (nSPS) is 12.7. The van der Waals surface area contributed by atoms with E-state index in [2.05, 4.69) is 10.1 Å². The molecule has 0 aliphatic rings. The van der Waals surface area contributed by atoms with E-state index in [0.29, 0.717) is 11.3 Å². The molecule has 4 rings (SSSR count). The van der Waals surface area contributed by atoms with Crippen LogP contribution in [0.3, 0.4) is 0 Å². The lowest BCUT2D eigenvalue weighted by atomic mass is 10.1. The number of rotatable bonds is 6. The van der Waals surface area contributed by atoms with Crippen LogP contribution in [0.2, 0.25) is 0 Å². The first-order valence-electron chi connectivity index (χ1n) is 10.7. The van der Waals surface area contributed by atoms with E-state index in [0.717, 1.165) is 41.0 Å². The van der Waals surface area contributed by atoms with E-state index in [-0.39, 0.29) is 18.5 Å². The van der Waals surface area contributed by atoms with E-state index in [4.69, 9.17) is 0 Å². The third-order valence-corrected chi connectivity index (χ3v) is 5.76. The molecule has 6 nitrogen and oxygen atoms in total. The topological polar surface area (TPSA) is 71.2 Å². The molecule has 0 aliphatic carbocycles. The van der Waals surface area contributed by atoms with E-state index in [9.17, 15) is 27.5 Å². The quantitative estimate of drug-likeness (QED) is 0.400. The minimum atomic E-state index is -4.54. The number of pyridine rings is 1. The summed E-state index contributed by atoms with van der Waals surface area (Å²) < 4.78 is 53.5. The maximum Gasteiger partial charge on any atom is 0.433 e. The van der Waals surface area contributed by atoms with Crippen molar-refractivity contribution < 1.29 is 27.5 Å². The van der Waals surface area contributed by atoms with Crippen LogP contribution in [-0.2, 0) is 24.4 Å². The molecular weight excluding hydrogens is 464 g/mol. The van der Waals surface area contributed by atoms with Gasteiger partial charge < -0.3 is 10.0 Å². The highest BCUT2D eigenvalue weighted by atomic mass is 19.4. The molecule has 0 fully saturated rings. The Kier molecular flexibility index (Phi) is 6.58. The Morgan fingerprint density at radius 3 is 2.46 bits per heavy atom. The number of benzene rings is 2. The van der Waals surface area contributed by atoms with Gasteiger partial charge in [-0.1, -0.05) is 18.2 Å². The van der Waals surface area contributed by atoms with Gasteiger partial charge in [-0.3, -0.25) is 14.5 Å². The summed E-state index contributed by atoms with van der Waals surface area (Å²) >= 11 is 0. The van der Waals surface area contributed by atoms with Crippen molar-refractivity contribution in [2.75, 3.05) is 11.4 Å². The fourth-order valence-corrected chi connectivity index (χ4v) is 3.88. The molecule has 1 unspecified atom stereocenters. The second-order valence-corrected chi connectivity index (χ2v) is 8.15. The Morgan fingerprint density at radius 2 is 1.83 bits per heavy atom. The van der Waals surface area contributed by atoms with Gasteiger partial charge in [-0.25, -0.2) is 4.39 Å². The molecule has 182 valence electrons. The van der Waals surface area contributed by atoms with Crippen LogP contribution in [0.5, 0.6) is 0 Å². The van der Waals surface area contributed by atoms with Gasteiger partial charge in [-0.2, -0.15) is 18.3 Å². The summed E-state index contributed by atoms with van der Waals surface area (Å²) in [6.07, 6.45) is -4.79. The lowest BCUT2D eigenvalue weighted by Gasteiger charge is -2.26. The van der Waals surface area contributed by atoms with Crippen LogP contribution in [0.4, 0.5) is 23.2 Å². The summed E-state index contributed by atoms with van der Waals surface area (Å²) in [6.45, 7) is 1.90. The molecule has 2 heterocycles. The first-order valence-corrected chi connectivity index (χ1v) is 10.7. The number of carbonyl (C=O) groups excluding carboxylic acids is 1. The van der Waals surface area contributed by atoms with Crippen LogP contribution < -0.4 is 4.90 Å². The van der Waals surface area contributed by atoms with Gasteiger partial charge >= 0.3 is 6.18 Å². The monoisotopic (exact) mass is 486 g/mol. The fourth-order valence-electron chi connectivity index (χ4n) is 3.88. The molecule has 0 saturated carbocycles. The number of aliphatic hydroxyl groups excluding tert-OH is 1. The molecule has 0 bridgehead atoms. The Labute approximate surface area is 198 Å². The molecule has 4 aromatic rings. The highest BCUT2D eigenvalue weighted by Crippen LogP contribution is 2.29. The minimum Gasteiger partial charge on any atom is -0.378 e. The lowest BCUT2D eigenvalue weighted by Crippen LogP contribution is -2.37. The Hall–Kier alpha value is -3.79. The average molecular weight is 486 g/mol. The summed E-state index contributed by atoms with van der Waals surface area (Å²) in [5, 5.41) is 15.9. The van der Waals surface area contributed by atoms with Crippen LogP contribution in [0.15, 0.2) is 60.8 Å². The van der Waals surface area contributed by atoms with Crippen LogP contribution >= 0.6 is 0 Å². The third-order valence-electron chi connectivity index (χ3n) is 5.76. The number of aliphatic hydroxyl groups is 1. The maximum atomic E-state index is 13.4. The van der Waals surface area contributed by atoms with Crippen LogP contribution in [0.1, 0.15) is 28.6 Å². The SMILES string of the molecule is Cc1nn(C)c2ccc(N(CCc3ccc(C(F)(F)F)nc3)C(=O)C(O)c3ccc(F)cc3)cc12. The molecule has 2 aromatic heterocycles. The number of alkyl halides is 3. The summed E-state index contributed by atoms with van der Waals surface area (Å²) in [6, 6.07) is 12.4. The number of fused-ring (bicyclic) bond motifs is 1. The lowest BCUT2D eigenvalue weighted by molar-refractivity contribution is -0.141. The first kappa shape index (κ1) is 24.3. The van der Waals surface area contributed by atoms with E-state index in [1.807, 2.05) is 6.92 Å². The molecule has 1 N–H and O–H groups in total. The fraction of sp³-hybridized carbons (Fsp3) is 0.240. The zero-order valence-corrected chi connectivity index (χ0v) is 18.9. The predicted molar refractivity (Wildman–Crippen MR) is 122 cm³/mol. The number of halogens is 4. The van der Waals surface area contributed by atoms with Crippen molar-refractivity contribution in [2.45, 2.75) is 25.6 Å². The Bertz CT molecular complexity index is 1350. The van der Waals surface area contributed by atoms with Crippen molar-refractivity contribution in [3.05, 3.63) is 89.1 Å². The average Bonchev–Trinajstić information content (AvgIpc) is 3.11. The Balaban J connectivity index is 1.65. The summed E-state index contributed by atoms with van der Waals surface area (Å²) in [4.78, 5) is 18.2. The van der Waals surface area contributed by atoms with E-state index in [1.54, 1.807) is 29.9 Å². The van der Waals surface area contributed by atoms with Gasteiger partial charge in [-0.05, 0) is 60.9 Å². The number of nitrogens with zero attached hydrogens (tertiary/aromatic N) is 4. The standard InChI is InChI=1S/C25H22F4N4O2/c1-15-20-13-19(8-9-21(20)32(2)31-15)33(24(35)23(34)17-4-6-18(26)7-5-17)12-11-16-3-10-22(30-14-16)25(27,28)29/h3-10,13-14,23,34H,11-12H2,1-2H3. The Morgan fingerprint density at radius 1 is 1.11 bits per heavy atom. The van der Waals surface area contributed by atoms with E-state index in [1.165, 1.54) is 23.1 Å². The van der Waals surface area contributed by atoms with E-state index >= 15 is 0 Å². The number of hydrogen-bond acceptors (Lipinski definition) is 4. The van der Waals surface area contributed by atoms with Crippen molar-refractivity contribution in [1.29, 1.82) is 0 Å². The van der Waals surface area contributed by atoms with Crippen molar-refractivity contribution in [3.8, 4) is 0 Å². The zero-order valence-electron chi connectivity index (χ0n) is 18.9. The molecule has 0 spiro atoms. The van der Waals surface area contributed by atoms with Gasteiger partial charge in [-0.15, -0.1) is 0 Å². The van der Waals surface area contributed by atoms with Crippen LogP contribution in [0, 0.1) is 12.7 Å². The second kappa shape index (κ2) is 9.46. The number of amides is 1. The van der Waals surface area contributed by atoms with Crippen molar-refractivity contribution in [2.24, 2.45) is 7.05 Å².